The molecule has 1 amide bonds. The van der Waals surface area contributed by atoms with Crippen LogP contribution in [0, 0.1) is 0 Å². The van der Waals surface area contributed by atoms with E-state index in [2.05, 4.69) is 10.1 Å². The highest BCUT2D eigenvalue weighted by atomic mass is 35.5. The van der Waals surface area contributed by atoms with Gasteiger partial charge in [0, 0.05) is 16.8 Å². The molecular weight excluding hydrogens is 256 g/mol. The van der Waals surface area contributed by atoms with Crippen molar-refractivity contribution in [1.29, 1.82) is 0 Å². The highest BCUT2D eigenvalue weighted by Crippen LogP contribution is 2.18. The number of hydrogen-bond donors (Lipinski definition) is 2. The SMILES string of the molecule is COC(=O)CC(C)NC(=O)c1ccc(Cl)cc1N. The lowest BCUT2D eigenvalue weighted by Gasteiger charge is -2.13. The topological polar surface area (TPSA) is 81.4 Å². The molecule has 5 nitrogen and oxygen atoms in total. The van der Waals surface area contributed by atoms with Crippen LogP contribution in [0.2, 0.25) is 5.02 Å². The first-order valence-electron chi connectivity index (χ1n) is 5.36. The predicted molar refractivity (Wildman–Crippen MR) is 69.4 cm³/mol. The summed E-state index contributed by atoms with van der Waals surface area (Å²) >= 11 is 5.74. The first kappa shape index (κ1) is 14.3. The Morgan fingerprint density at radius 1 is 1.50 bits per heavy atom. The predicted octanol–water partition coefficient (Wildman–Crippen LogP) is 1.60. The summed E-state index contributed by atoms with van der Waals surface area (Å²) in [6.07, 6.45) is 0.107. The lowest BCUT2D eigenvalue weighted by molar-refractivity contribution is -0.141. The van der Waals surface area contributed by atoms with Crippen LogP contribution in [-0.4, -0.2) is 25.0 Å². The van der Waals surface area contributed by atoms with Gasteiger partial charge < -0.3 is 15.8 Å². The third-order valence-corrected chi connectivity index (χ3v) is 2.57. The summed E-state index contributed by atoms with van der Waals surface area (Å²) in [6, 6.07) is 4.29. The van der Waals surface area contributed by atoms with Gasteiger partial charge in [-0.05, 0) is 25.1 Å². The highest BCUT2D eigenvalue weighted by Gasteiger charge is 2.15. The van der Waals surface area contributed by atoms with Crippen molar-refractivity contribution in [2.45, 2.75) is 19.4 Å². The first-order valence-corrected chi connectivity index (χ1v) is 5.74. The first-order chi connectivity index (χ1) is 8.43. The molecule has 0 fully saturated rings. The molecule has 0 radical (unpaired) electrons. The molecule has 3 N–H and O–H groups in total. The number of carbonyl (C=O) groups excluding carboxylic acids is 2. The summed E-state index contributed by atoms with van der Waals surface area (Å²) in [7, 11) is 1.30. The molecule has 0 aromatic heterocycles. The Balaban J connectivity index is 2.67. The Morgan fingerprint density at radius 2 is 2.17 bits per heavy atom. The minimum atomic E-state index is -0.383. The van der Waals surface area contributed by atoms with E-state index in [0.717, 1.165) is 0 Å². The van der Waals surface area contributed by atoms with Crippen molar-refractivity contribution >= 4 is 29.2 Å². The normalized spacial score (nSPS) is 11.7. The van der Waals surface area contributed by atoms with Crippen LogP contribution in [0.4, 0.5) is 5.69 Å². The largest absolute Gasteiger partial charge is 0.469 e. The van der Waals surface area contributed by atoms with E-state index in [0.29, 0.717) is 16.3 Å². The Labute approximate surface area is 110 Å². The number of methoxy groups -OCH3 is 1. The van der Waals surface area contributed by atoms with Crippen LogP contribution >= 0.6 is 11.6 Å². The van der Waals surface area contributed by atoms with Gasteiger partial charge in [-0.25, -0.2) is 0 Å². The molecule has 18 heavy (non-hydrogen) atoms. The lowest BCUT2D eigenvalue weighted by atomic mass is 10.1. The molecule has 0 aliphatic heterocycles. The summed E-state index contributed by atoms with van der Waals surface area (Å²) in [6.45, 7) is 1.71. The molecule has 1 unspecified atom stereocenters. The van der Waals surface area contributed by atoms with Gasteiger partial charge in [-0.1, -0.05) is 11.6 Å². The van der Waals surface area contributed by atoms with Gasteiger partial charge in [-0.2, -0.15) is 0 Å². The van der Waals surface area contributed by atoms with E-state index in [-0.39, 0.29) is 24.3 Å². The minimum Gasteiger partial charge on any atom is -0.469 e. The lowest BCUT2D eigenvalue weighted by Crippen LogP contribution is -2.34. The number of amides is 1. The molecule has 6 heteroatoms. The second kappa shape index (κ2) is 6.26. The monoisotopic (exact) mass is 270 g/mol. The molecule has 0 spiro atoms. The third-order valence-electron chi connectivity index (χ3n) is 2.34. The molecule has 0 aliphatic carbocycles. The van der Waals surface area contributed by atoms with Gasteiger partial charge in [0.1, 0.15) is 0 Å². The van der Waals surface area contributed by atoms with Crippen molar-refractivity contribution in [2.24, 2.45) is 0 Å². The van der Waals surface area contributed by atoms with Crippen molar-refractivity contribution < 1.29 is 14.3 Å². The van der Waals surface area contributed by atoms with Gasteiger partial charge in [0.2, 0.25) is 0 Å². The fraction of sp³-hybridized carbons (Fsp3) is 0.333. The van der Waals surface area contributed by atoms with Crippen LogP contribution in [0.1, 0.15) is 23.7 Å². The fourth-order valence-electron chi connectivity index (χ4n) is 1.43. The molecule has 0 aliphatic rings. The molecule has 0 bridgehead atoms. The molecule has 1 rings (SSSR count). The Bertz CT molecular complexity index is 463. The van der Waals surface area contributed by atoms with Gasteiger partial charge in [-0.3, -0.25) is 9.59 Å². The number of anilines is 1. The van der Waals surface area contributed by atoms with Crippen LogP contribution in [-0.2, 0) is 9.53 Å². The molecular formula is C12H15ClN2O3. The van der Waals surface area contributed by atoms with Gasteiger partial charge >= 0.3 is 5.97 Å². The Morgan fingerprint density at radius 3 is 2.72 bits per heavy atom. The maximum atomic E-state index is 11.9. The highest BCUT2D eigenvalue weighted by molar-refractivity contribution is 6.31. The summed E-state index contributed by atoms with van der Waals surface area (Å²) in [5.41, 5.74) is 6.31. The maximum absolute atomic E-state index is 11.9. The number of nitrogen functional groups attached to an aromatic ring is 1. The number of hydrogen-bond acceptors (Lipinski definition) is 4. The summed E-state index contributed by atoms with van der Waals surface area (Å²) < 4.78 is 4.52. The molecule has 0 saturated heterocycles. The van der Waals surface area contributed by atoms with E-state index in [1.165, 1.54) is 19.2 Å². The van der Waals surface area contributed by atoms with Gasteiger partial charge in [0.25, 0.3) is 5.91 Å². The van der Waals surface area contributed by atoms with Crippen molar-refractivity contribution in [1.82, 2.24) is 5.32 Å². The fourth-order valence-corrected chi connectivity index (χ4v) is 1.61. The average Bonchev–Trinajstić information content (AvgIpc) is 2.28. The molecule has 1 atom stereocenters. The second-order valence-electron chi connectivity index (χ2n) is 3.89. The molecule has 98 valence electrons. The average molecular weight is 271 g/mol. The van der Waals surface area contributed by atoms with Crippen molar-refractivity contribution in [3.05, 3.63) is 28.8 Å². The van der Waals surface area contributed by atoms with E-state index >= 15 is 0 Å². The van der Waals surface area contributed by atoms with Crippen LogP contribution in [0.5, 0.6) is 0 Å². The third kappa shape index (κ3) is 3.92. The van der Waals surface area contributed by atoms with Crippen LogP contribution in [0.25, 0.3) is 0 Å². The van der Waals surface area contributed by atoms with Crippen molar-refractivity contribution in [2.75, 3.05) is 12.8 Å². The molecule has 1 aromatic rings. The van der Waals surface area contributed by atoms with Crippen LogP contribution in [0.15, 0.2) is 18.2 Å². The minimum absolute atomic E-state index is 0.107. The number of carbonyl (C=O) groups is 2. The summed E-state index contributed by atoms with van der Waals surface area (Å²) in [5, 5.41) is 3.12. The summed E-state index contributed by atoms with van der Waals surface area (Å²) in [5.74, 6) is -0.729. The number of ether oxygens (including phenoxy) is 1. The van der Waals surface area contributed by atoms with E-state index in [9.17, 15) is 9.59 Å². The molecule has 1 aromatic carbocycles. The Kier molecular flexibility index (Phi) is 4.97. The number of rotatable bonds is 4. The zero-order valence-electron chi connectivity index (χ0n) is 10.2. The van der Waals surface area contributed by atoms with Gasteiger partial charge in [-0.15, -0.1) is 0 Å². The number of esters is 1. The van der Waals surface area contributed by atoms with Gasteiger partial charge in [0.05, 0.1) is 19.1 Å². The number of benzene rings is 1. The van der Waals surface area contributed by atoms with E-state index < -0.39 is 0 Å². The quantitative estimate of drug-likeness (QED) is 0.643. The zero-order chi connectivity index (χ0) is 13.7. The number of nitrogens with two attached hydrogens (primary N) is 1. The Hall–Kier alpha value is -1.75. The van der Waals surface area contributed by atoms with E-state index in [1.54, 1.807) is 13.0 Å². The van der Waals surface area contributed by atoms with Crippen molar-refractivity contribution in [3.63, 3.8) is 0 Å². The van der Waals surface area contributed by atoms with E-state index in [1.807, 2.05) is 0 Å². The standard InChI is InChI=1S/C12H15ClN2O3/c1-7(5-11(16)18-2)15-12(17)9-4-3-8(13)6-10(9)14/h3-4,6-7H,5,14H2,1-2H3,(H,15,17). The second-order valence-corrected chi connectivity index (χ2v) is 4.32. The maximum Gasteiger partial charge on any atom is 0.307 e. The van der Waals surface area contributed by atoms with Crippen LogP contribution in [0.3, 0.4) is 0 Å². The zero-order valence-corrected chi connectivity index (χ0v) is 11.0. The smallest absolute Gasteiger partial charge is 0.307 e. The summed E-state index contributed by atoms with van der Waals surface area (Å²) in [4.78, 5) is 22.9. The van der Waals surface area contributed by atoms with E-state index in [4.69, 9.17) is 17.3 Å². The number of halogens is 1. The molecule has 0 heterocycles. The van der Waals surface area contributed by atoms with Crippen LogP contribution < -0.4 is 11.1 Å². The number of nitrogens with one attached hydrogen (secondary N) is 1. The van der Waals surface area contributed by atoms with Crippen molar-refractivity contribution in [3.8, 4) is 0 Å². The van der Waals surface area contributed by atoms with Gasteiger partial charge in [0.15, 0.2) is 0 Å². The molecule has 0 saturated carbocycles.